The molecule has 0 aliphatic heterocycles. The average Bonchev–Trinajstić information content (AvgIpc) is 2.14. The Morgan fingerprint density at radius 2 is 1.41 bits per heavy atom. The summed E-state index contributed by atoms with van der Waals surface area (Å²) in [5, 5.41) is 0. The van der Waals surface area contributed by atoms with Gasteiger partial charge in [0, 0.05) is 0 Å². The zero-order valence-electron chi connectivity index (χ0n) is 13.2. The van der Waals surface area contributed by atoms with E-state index in [9.17, 15) is 0 Å². The van der Waals surface area contributed by atoms with Crippen molar-refractivity contribution >= 4 is 27.6 Å². The number of hydrogen-bond donors (Lipinski definition) is 0. The van der Waals surface area contributed by atoms with Crippen LogP contribution in [0.5, 0.6) is 0 Å². The Bertz CT molecular complexity index is 249. The van der Waals surface area contributed by atoms with E-state index in [0.717, 1.165) is 0 Å². The first-order valence-corrected chi connectivity index (χ1v) is 14.8. The van der Waals surface area contributed by atoms with E-state index in [1.54, 1.807) is 0 Å². The van der Waals surface area contributed by atoms with Crippen LogP contribution in [0, 0.1) is 17.8 Å². The van der Waals surface area contributed by atoms with Gasteiger partial charge >= 0.3 is 117 Å². The molecule has 0 saturated carbocycles. The molecule has 0 bridgehead atoms. The summed E-state index contributed by atoms with van der Waals surface area (Å²) in [5.41, 5.74) is 1.10. The van der Waals surface area contributed by atoms with Gasteiger partial charge in [0.1, 0.15) is 0 Å². The monoisotopic (exact) mass is 343 g/mol. The van der Waals surface area contributed by atoms with Crippen LogP contribution in [0.3, 0.4) is 0 Å². The van der Waals surface area contributed by atoms with Crippen molar-refractivity contribution in [1.29, 1.82) is 0 Å². The van der Waals surface area contributed by atoms with Crippen molar-refractivity contribution in [3.8, 4) is 0 Å². The number of hydrogen-bond acceptors (Lipinski definition) is 2. The Hall–Kier alpha value is 0.500. The van der Waals surface area contributed by atoms with Crippen LogP contribution in [0.2, 0.25) is 9.36 Å². The van der Waals surface area contributed by atoms with Crippen molar-refractivity contribution < 1.29 is 2.85 Å². The molecule has 2 nitrogen and oxygen atoms in total. The molecule has 3 heteroatoms. The van der Waals surface area contributed by atoms with Gasteiger partial charge in [-0.25, -0.2) is 0 Å². The molecule has 0 heterocycles. The molecule has 0 aromatic heterocycles. The van der Waals surface area contributed by atoms with Gasteiger partial charge in [0.15, 0.2) is 0 Å². The summed E-state index contributed by atoms with van der Waals surface area (Å²) in [4.78, 5) is 4.58. The fourth-order valence-corrected chi connectivity index (χ4v) is 6.99. The van der Waals surface area contributed by atoms with Gasteiger partial charge < -0.3 is 0 Å². The van der Waals surface area contributed by atoms with Crippen LogP contribution in [-0.4, -0.2) is 40.2 Å². The molecule has 0 spiro atoms. The van der Waals surface area contributed by atoms with Crippen LogP contribution in [0.1, 0.15) is 41.5 Å². The Labute approximate surface area is 116 Å². The van der Waals surface area contributed by atoms with Crippen molar-refractivity contribution in [2.45, 2.75) is 56.5 Å². The van der Waals surface area contributed by atoms with Crippen molar-refractivity contribution in [2.24, 2.45) is 22.7 Å². The first-order valence-electron chi connectivity index (χ1n) is 6.85. The van der Waals surface area contributed by atoms with Crippen molar-refractivity contribution in [3.05, 3.63) is 0 Å². The summed E-state index contributed by atoms with van der Waals surface area (Å²) in [7, 11) is 1.91. The normalized spacial score (nSPS) is 14.0. The van der Waals surface area contributed by atoms with E-state index in [1.165, 1.54) is 5.71 Å². The van der Waals surface area contributed by atoms with Gasteiger partial charge in [-0.3, -0.25) is 0 Å². The molecule has 0 unspecified atom stereocenters. The van der Waals surface area contributed by atoms with Gasteiger partial charge in [-0.05, 0) is 0 Å². The molecule has 0 amide bonds. The second kappa shape index (κ2) is 7.18. The quantitative estimate of drug-likeness (QED) is 0.667. The maximum atomic E-state index is 6.55. The first kappa shape index (κ1) is 17.5. The molecule has 0 saturated heterocycles. The van der Waals surface area contributed by atoms with Gasteiger partial charge in [-0.1, -0.05) is 0 Å². The second-order valence-electron chi connectivity index (χ2n) is 6.03. The summed E-state index contributed by atoms with van der Waals surface area (Å²) < 4.78 is 11.2. The number of nitrogens with zero attached hydrogens (tertiary/aromatic N) is 1. The third kappa shape index (κ3) is 3.99. The predicted molar refractivity (Wildman–Crippen MR) is 79.2 cm³/mol. The Balaban J connectivity index is 5.62. The molecular formula is C14H30InNO. The predicted octanol–water partition coefficient (Wildman–Crippen LogP) is 4.03. The van der Waals surface area contributed by atoms with Crippen LogP contribution in [-0.2, 0) is 2.85 Å². The van der Waals surface area contributed by atoms with Gasteiger partial charge in [0.25, 0.3) is 0 Å². The zero-order valence-corrected chi connectivity index (χ0v) is 16.5. The van der Waals surface area contributed by atoms with Crippen LogP contribution in [0.4, 0.5) is 0 Å². The number of aliphatic imine (C=N–C) groups is 1. The van der Waals surface area contributed by atoms with Gasteiger partial charge in [0.2, 0.25) is 0 Å². The molecule has 0 radical (unpaired) electrons. The topological polar surface area (TPSA) is 21.6 Å². The van der Waals surface area contributed by atoms with E-state index in [-0.39, 0.29) is 5.60 Å². The van der Waals surface area contributed by atoms with E-state index in [2.05, 4.69) is 55.9 Å². The summed E-state index contributed by atoms with van der Waals surface area (Å²) >= 11 is -1.77. The van der Waals surface area contributed by atoms with E-state index >= 15 is 0 Å². The summed E-state index contributed by atoms with van der Waals surface area (Å²) in [5.74, 6) is 1.40. The summed E-state index contributed by atoms with van der Waals surface area (Å²) in [6, 6.07) is 0. The average molecular weight is 343 g/mol. The molecule has 100 valence electrons. The maximum absolute atomic E-state index is 6.55. The summed E-state index contributed by atoms with van der Waals surface area (Å²) in [6.07, 6.45) is 0. The fourth-order valence-electron chi connectivity index (χ4n) is 2.86. The molecule has 0 N–H and O–H groups in total. The minimum absolute atomic E-state index is 0.146. The molecule has 0 rings (SSSR count). The van der Waals surface area contributed by atoms with E-state index < -0.39 is 21.9 Å². The van der Waals surface area contributed by atoms with Crippen LogP contribution in [0.15, 0.2) is 4.99 Å². The Morgan fingerprint density at radius 1 is 1.00 bits per heavy atom. The minimum atomic E-state index is -1.77. The third-order valence-corrected chi connectivity index (χ3v) is 5.79. The summed E-state index contributed by atoms with van der Waals surface area (Å²) in [6.45, 7) is 13.5. The van der Waals surface area contributed by atoms with Crippen molar-refractivity contribution in [2.75, 3.05) is 7.05 Å². The van der Waals surface area contributed by atoms with Gasteiger partial charge in [0.05, 0.1) is 0 Å². The third-order valence-electron chi connectivity index (χ3n) is 3.33. The number of rotatable bonds is 6. The molecule has 0 atom stereocenters. The zero-order chi connectivity index (χ0) is 13.8. The molecule has 0 aromatic rings. The van der Waals surface area contributed by atoms with E-state index in [4.69, 9.17) is 2.85 Å². The fraction of sp³-hybridized carbons (Fsp3) is 0.929. The van der Waals surface area contributed by atoms with Gasteiger partial charge in [-0.15, -0.1) is 0 Å². The molecule has 0 aliphatic rings. The molecule has 0 aliphatic carbocycles. The van der Waals surface area contributed by atoms with Crippen molar-refractivity contribution in [1.82, 2.24) is 0 Å². The van der Waals surface area contributed by atoms with Crippen molar-refractivity contribution in [3.63, 3.8) is 0 Å². The second-order valence-corrected chi connectivity index (χ2v) is 12.7. The SMILES string of the molecule is CN=C(C(C)C)C([O][In]([CH3])[CH3])(C(C)C)C(C)C. The van der Waals surface area contributed by atoms with Gasteiger partial charge in [-0.2, -0.15) is 0 Å². The van der Waals surface area contributed by atoms with Crippen LogP contribution < -0.4 is 0 Å². The Morgan fingerprint density at radius 3 is 1.59 bits per heavy atom. The first-order chi connectivity index (χ1) is 7.70. The van der Waals surface area contributed by atoms with E-state index in [0.29, 0.717) is 17.8 Å². The molecular weight excluding hydrogens is 313 g/mol. The standard InChI is InChI=1S/C12H24NO.2CH3.In/c1-8(2)11(13-7)12(14,9(3)4)10(5)6;;;/h8-10H,1-7H3;2*1H3;/q-1;;;+1. The van der Waals surface area contributed by atoms with Crippen LogP contribution in [0.25, 0.3) is 0 Å². The molecule has 0 aromatic carbocycles. The molecule has 17 heavy (non-hydrogen) atoms. The van der Waals surface area contributed by atoms with E-state index in [1.807, 2.05) is 7.05 Å². The Kier molecular flexibility index (Phi) is 7.39. The molecule has 0 fully saturated rings. The van der Waals surface area contributed by atoms with Crippen LogP contribution >= 0.6 is 0 Å².